The van der Waals surface area contributed by atoms with Crippen LogP contribution in [-0.4, -0.2) is 44.8 Å². The van der Waals surface area contributed by atoms with Gasteiger partial charge in [0.25, 0.3) is 0 Å². The second-order valence-corrected chi connectivity index (χ2v) is 8.84. The quantitative estimate of drug-likeness (QED) is 0.660. The van der Waals surface area contributed by atoms with Gasteiger partial charge < -0.3 is 16.0 Å². The third-order valence-electron chi connectivity index (χ3n) is 5.18. The zero-order valence-corrected chi connectivity index (χ0v) is 16.4. The first kappa shape index (κ1) is 18.6. The summed E-state index contributed by atoms with van der Waals surface area (Å²) in [6.07, 6.45) is 4.05. The number of sulfonamides is 1. The van der Waals surface area contributed by atoms with Crippen molar-refractivity contribution in [1.29, 1.82) is 0 Å². The maximum Gasteiger partial charge on any atom is 0.243 e. The first-order valence-corrected chi connectivity index (χ1v) is 10.7. The minimum absolute atomic E-state index is 0.0682. The molecule has 1 atom stereocenters. The topological polar surface area (TPSA) is 133 Å². The van der Waals surface area contributed by atoms with E-state index in [2.05, 4.69) is 15.0 Å². The van der Waals surface area contributed by atoms with Crippen LogP contribution >= 0.6 is 0 Å². The van der Waals surface area contributed by atoms with Crippen molar-refractivity contribution in [3.8, 4) is 0 Å². The van der Waals surface area contributed by atoms with Crippen molar-refractivity contribution in [3.63, 3.8) is 0 Å². The van der Waals surface area contributed by atoms with Crippen molar-refractivity contribution in [2.75, 3.05) is 18.0 Å². The fourth-order valence-corrected chi connectivity index (χ4v) is 5.37. The van der Waals surface area contributed by atoms with E-state index in [1.165, 1.54) is 0 Å². The lowest BCUT2D eigenvalue weighted by Gasteiger charge is -2.24. The fraction of sp³-hybridized carbons (Fsp3) is 0.389. The molecule has 1 fully saturated rings. The Morgan fingerprint density at radius 2 is 1.93 bits per heavy atom. The normalized spacial score (nSPS) is 18.1. The molecule has 3 heterocycles. The molecule has 3 aromatic rings. The lowest BCUT2D eigenvalue weighted by molar-refractivity contribution is 0.354. The van der Waals surface area contributed by atoms with Crippen molar-refractivity contribution in [2.45, 2.75) is 43.7 Å². The molecule has 4 rings (SSSR count). The average Bonchev–Trinajstić information content (AvgIpc) is 3.30. The monoisotopic (exact) mass is 401 g/mol. The van der Waals surface area contributed by atoms with E-state index in [0.717, 1.165) is 24.8 Å². The first-order chi connectivity index (χ1) is 13.4. The minimum Gasteiger partial charge on any atom is -0.382 e. The number of nitrogens with zero attached hydrogens (tertiary/aromatic N) is 5. The molecular weight excluding hydrogens is 378 g/mol. The Bertz CT molecular complexity index is 1110. The highest BCUT2D eigenvalue weighted by Crippen LogP contribution is 2.28. The predicted octanol–water partition coefficient (Wildman–Crippen LogP) is 1.41. The van der Waals surface area contributed by atoms with Crippen molar-refractivity contribution in [3.05, 3.63) is 36.2 Å². The van der Waals surface area contributed by atoms with E-state index in [4.69, 9.17) is 11.5 Å². The Labute approximate surface area is 163 Å². The lowest BCUT2D eigenvalue weighted by atomic mass is 10.2. The van der Waals surface area contributed by atoms with Gasteiger partial charge in [0.05, 0.1) is 11.2 Å². The van der Waals surface area contributed by atoms with Gasteiger partial charge in [0.1, 0.15) is 5.52 Å². The zero-order chi connectivity index (χ0) is 19.9. The van der Waals surface area contributed by atoms with Gasteiger partial charge in [-0.2, -0.15) is 14.3 Å². The summed E-state index contributed by atoms with van der Waals surface area (Å²) < 4.78 is 29.7. The Balaban J connectivity index is 1.63. The number of hydrogen-bond donors (Lipinski definition) is 2. The number of aromatic nitrogens is 4. The van der Waals surface area contributed by atoms with Gasteiger partial charge in [0, 0.05) is 19.1 Å². The van der Waals surface area contributed by atoms with Crippen LogP contribution in [0.1, 0.15) is 25.3 Å². The fourth-order valence-electron chi connectivity index (χ4n) is 3.68. The number of nitrogens with two attached hydrogens (primary N) is 2. The van der Waals surface area contributed by atoms with Gasteiger partial charge in [0.2, 0.25) is 16.0 Å². The van der Waals surface area contributed by atoms with Crippen LogP contribution in [-0.2, 0) is 23.0 Å². The van der Waals surface area contributed by atoms with Gasteiger partial charge >= 0.3 is 0 Å². The maximum atomic E-state index is 13.2. The molecule has 0 bridgehead atoms. The second-order valence-electron chi connectivity index (χ2n) is 6.95. The number of aryl methyl sites for hydroxylation is 1. The maximum absolute atomic E-state index is 13.2. The number of fused-ring (bicyclic) bond motifs is 1. The van der Waals surface area contributed by atoms with E-state index in [-0.39, 0.29) is 17.8 Å². The summed E-state index contributed by atoms with van der Waals surface area (Å²) in [5.41, 5.74) is 13.7. The number of benzene rings is 1. The van der Waals surface area contributed by atoms with Crippen LogP contribution in [0.15, 0.2) is 35.5 Å². The highest BCUT2D eigenvalue weighted by Gasteiger charge is 2.35. The molecule has 2 aromatic heterocycles. The van der Waals surface area contributed by atoms with E-state index >= 15 is 0 Å². The average molecular weight is 401 g/mol. The molecule has 1 saturated heterocycles. The lowest BCUT2D eigenvalue weighted by Crippen LogP contribution is -2.38. The van der Waals surface area contributed by atoms with Crippen molar-refractivity contribution in [1.82, 2.24) is 23.8 Å². The smallest absolute Gasteiger partial charge is 0.243 e. The standard InChI is InChI=1S/C18H23N7O2S/c1-2-12-5-7-14(8-6-12)28(26,27)25-9-3-4-13(25)10-24-11-21-15-16(19)22-18(20)23-17(15)24/h5-8,11,13H,2-4,9-10H2,1H3,(H4,19,20,22,23). The highest BCUT2D eigenvalue weighted by molar-refractivity contribution is 7.89. The van der Waals surface area contributed by atoms with Gasteiger partial charge in [0.15, 0.2) is 11.5 Å². The van der Waals surface area contributed by atoms with Crippen LogP contribution in [0.2, 0.25) is 0 Å². The van der Waals surface area contributed by atoms with Crippen LogP contribution in [0, 0.1) is 0 Å². The van der Waals surface area contributed by atoms with E-state index in [9.17, 15) is 8.42 Å². The Hall–Kier alpha value is -2.72. The third kappa shape index (κ3) is 3.18. The van der Waals surface area contributed by atoms with Crippen molar-refractivity contribution in [2.24, 2.45) is 0 Å². The van der Waals surface area contributed by atoms with Crippen LogP contribution < -0.4 is 11.5 Å². The van der Waals surface area contributed by atoms with E-state index in [1.54, 1.807) is 27.3 Å². The molecule has 0 radical (unpaired) electrons. The van der Waals surface area contributed by atoms with Crippen molar-refractivity contribution < 1.29 is 8.42 Å². The molecule has 0 amide bonds. The predicted molar refractivity (Wildman–Crippen MR) is 107 cm³/mol. The van der Waals surface area contributed by atoms with Crippen LogP contribution in [0.25, 0.3) is 11.2 Å². The summed E-state index contributed by atoms with van der Waals surface area (Å²) in [5, 5.41) is 0. The number of rotatable bonds is 5. The zero-order valence-electron chi connectivity index (χ0n) is 15.6. The third-order valence-corrected chi connectivity index (χ3v) is 7.14. The summed E-state index contributed by atoms with van der Waals surface area (Å²) in [6.45, 7) is 2.96. The molecule has 28 heavy (non-hydrogen) atoms. The van der Waals surface area contributed by atoms with Crippen LogP contribution in [0.3, 0.4) is 0 Å². The molecule has 4 N–H and O–H groups in total. The highest BCUT2D eigenvalue weighted by atomic mass is 32.2. The molecule has 0 spiro atoms. The molecule has 148 valence electrons. The molecule has 10 heteroatoms. The molecule has 9 nitrogen and oxygen atoms in total. The number of anilines is 2. The van der Waals surface area contributed by atoms with Gasteiger partial charge in [-0.1, -0.05) is 19.1 Å². The molecule has 1 unspecified atom stereocenters. The SMILES string of the molecule is CCc1ccc(S(=O)(=O)N2CCCC2Cn2cnc3c(N)nc(N)nc32)cc1. The Morgan fingerprint density at radius 3 is 2.64 bits per heavy atom. The van der Waals surface area contributed by atoms with Gasteiger partial charge in [-0.15, -0.1) is 0 Å². The first-order valence-electron chi connectivity index (χ1n) is 9.24. The summed E-state index contributed by atoms with van der Waals surface area (Å²) in [6, 6.07) is 6.91. The van der Waals surface area contributed by atoms with Gasteiger partial charge in [-0.05, 0) is 37.0 Å². The summed E-state index contributed by atoms with van der Waals surface area (Å²) in [5.74, 6) is 0.284. The molecule has 0 saturated carbocycles. The summed E-state index contributed by atoms with van der Waals surface area (Å²) in [7, 11) is -3.57. The summed E-state index contributed by atoms with van der Waals surface area (Å²) in [4.78, 5) is 12.7. The largest absolute Gasteiger partial charge is 0.382 e. The van der Waals surface area contributed by atoms with Gasteiger partial charge in [-0.3, -0.25) is 0 Å². The van der Waals surface area contributed by atoms with Crippen LogP contribution in [0.4, 0.5) is 11.8 Å². The molecular formula is C18H23N7O2S. The minimum atomic E-state index is -3.57. The molecule has 1 aromatic carbocycles. The van der Waals surface area contributed by atoms with E-state index in [0.29, 0.717) is 29.1 Å². The molecule has 1 aliphatic heterocycles. The molecule has 1 aliphatic rings. The second kappa shape index (κ2) is 7.02. The van der Waals surface area contributed by atoms with Crippen LogP contribution in [0.5, 0.6) is 0 Å². The van der Waals surface area contributed by atoms with Crippen molar-refractivity contribution >= 4 is 33.0 Å². The number of hydrogen-bond acceptors (Lipinski definition) is 7. The summed E-state index contributed by atoms with van der Waals surface area (Å²) >= 11 is 0. The number of nitrogen functional groups attached to an aromatic ring is 2. The van der Waals surface area contributed by atoms with E-state index < -0.39 is 10.0 Å². The molecule has 0 aliphatic carbocycles. The Morgan fingerprint density at radius 1 is 1.18 bits per heavy atom. The number of imidazole rings is 1. The van der Waals surface area contributed by atoms with E-state index in [1.807, 2.05) is 19.1 Å². The van der Waals surface area contributed by atoms with Gasteiger partial charge in [-0.25, -0.2) is 13.4 Å². The Kier molecular flexibility index (Phi) is 4.68.